The third-order valence-corrected chi connectivity index (χ3v) is 4.69. The Kier molecular flexibility index (Phi) is 7.07. The van der Waals surface area contributed by atoms with E-state index in [0.29, 0.717) is 5.41 Å². The quantitative estimate of drug-likeness (QED) is 0.555. The molecule has 0 aromatic carbocycles. The van der Waals surface area contributed by atoms with Crippen molar-refractivity contribution in [2.75, 3.05) is 19.6 Å². The van der Waals surface area contributed by atoms with Crippen LogP contribution in [0.2, 0.25) is 0 Å². The number of carbonyl (C=O) groups is 1. The lowest BCUT2D eigenvalue weighted by Gasteiger charge is -2.38. The third kappa shape index (κ3) is 7.73. The predicted octanol–water partition coefficient (Wildman–Crippen LogP) is 3.78. The number of hydrogen-bond acceptors (Lipinski definition) is 3. The largest absolute Gasteiger partial charge is 0.314 e. The summed E-state index contributed by atoms with van der Waals surface area (Å²) in [6.45, 7) is 16.2. The van der Waals surface area contributed by atoms with Gasteiger partial charge in [-0.2, -0.15) is 0 Å². The molecule has 130 valence electrons. The SMILES string of the molecule is CC(C)(C)CC1CCC(C=O)(CNCCNC(C)(C)C)CC1. The summed E-state index contributed by atoms with van der Waals surface area (Å²) >= 11 is 0. The van der Waals surface area contributed by atoms with Gasteiger partial charge in [0.1, 0.15) is 6.29 Å². The summed E-state index contributed by atoms with van der Waals surface area (Å²) in [6, 6.07) is 0. The van der Waals surface area contributed by atoms with E-state index < -0.39 is 0 Å². The van der Waals surface area contributed by atoms with Crippen LogP contribution in [-0.4, -0.2) is 31.5 Å². The highest BCUT2D eigenvalue weighted by Gasteiger charge is 2.35. The third-order valence-electron chi connectivity index (χ3n) is 4.69. The average molecular weight is 311 g/mol. The van der Waals surface area contributed by atoms with Crippen LogP contribution in [0.3, 0.4) is 0 Å². The van der Waals surface area contributed by atoms with Crippen molar-refractivity contribution in [2.45, 2.75) is 79.2 Å². The highest BCUT2D eigenvalue weighted by molar-refractivity contribution is 5.60. The highest BCUT2D eigenvalue weighted by Crippen LogP contribution is 2.41. The van der Waals surface area contributed by atoms with Crippen LogP contribution in [0, 0.1) is 16.7 Å². The predicted molar refractivity (Wildman–Crippen MR) is 95.2 cm³/mol. The molecule has 1 saturated carbocycles. The first-order valence-corrected chi connectivity index (χ1v) is 8.97. The molecule has 0 radical (unpaired) electrons. The Balaban J connectivity index is 2.31. The molecule has 0 bridgehead atoms. The van der Waals surface area contributed by atoms with Gasteiger partial charge in [0.05, 0.1) is 0 Å². The number of aldehydes is 1. The van der Waals surface area contributed by atoms with Crippen LogP contribution in [0.4, 0.5) is 0 Å². The summed E-state index contributed by atoms with van der Waals surface area (Å²) in [5.41, 5.74) is 0.452. The molecule has 3 heteroatoms. The molecule has 0 unspecified atom stereocenters. The van der Waals surface area contributed by atoms with E-state index in [1.54, 1.807) is 0 Å². The summed E-state index contributed by atoms with van der Waals surface area (Å²) in [5.74, 6) is 0.802. The Morgan fingerprint density at radius 3 is 2.09 bits per heavy atom. The molecule has 1 aliphatic rings. The van der Waals surface area contributed by atoms with Crippen molar-refractivity contribution < 1.29 is 4.79 Å². The molecule has 1 fully saturated rings. The van der Waals surface area contributed by atoms with Crippen LogP contribution in [-0.2, 0) is 4.79 Å². The van der Waals surface area contributed by atoms with Gasteiger partial charge >= 0.3 is 0 Å². The standard InChI is InChI=1S/C19H38N2O/c1-17(2,3)13-16-7-9-19(15-22,10-8-16)14-20-11-12-21-18(4,5)6/h15-16,20-21H,7-14H2,1-6H3. The van der Waals surface area contributed by atoms with Crippen molar-refractivity contribution in [2.24, 2.45) is 16.7 Å². The summed E-state index contributed by atoms with van der Waals surface area (Å²) in [7, 11) is 0. The zero-order chi connectivity index (χ0) is 16.9. The maximum absolute atomic E-state index is 11.6. The first-order chi connectivity index (χ1) is 10.1. The minimum Gasteiger partial charge on any atom is -0.314 e. The second-order valence-electron chi connectivity index (χ2n) is 9.54. The molecular formula is C19H38N2O. The molecular weight excluding hydrogens is 272 g/mol. The molecule has 1 rings (SSSR count). The number of nitrogens with one attached hydrogen (secondary N) is 2. The highest BCUT2D eigenvalue weighted by atomic mass is 16.1. The molecule has 0 aromatic rings. The number of hydrogen-bond donors (Lipinski definition) is 2. The van der Waals surface area contributed by atoms with Gasteiger partial charge in [0.2, 0.25) is 0 Å². The fourth-order valence-corrected chi connectivity index (χ4v) is 3.52. The van der Waals surface area contributed by atoms with Crippen molar-refractivity contribution in [1.29, 1.82) is 0 Å². The fraction of sp³-hybridized carbons (Fsp3) is 0.947. The monoisotopic (exact) mass is 310 g/mol. The van der Waals surface area contributed by atoms with Crippen LogP contribution >= 0.6 is 0 Å². The van der Waals surface area contributed by atoms with Gasteiger partial charge < -0.3 is 15.4 Å². The van der Waals surface area contributed by atoms with Gasteiger partial charge in [-0.05, 0) is 64.2 Å². The van der Waals surface area contributed by atoms with Gasteiger partial charge in [0.25, 0.3) is 0 Å². The Labute approximate surface area is 138 Å². The lowest BCUT2D eigenvalue weighted by atomic mass is 9.68. The molecule has 0 heterocycles. The molecule has 0 saturated heterocycles. The minimum atomic E-state index is -0.115. The maximum atomic E-state index is 11.6. The molecule has 0 aromatic heterocycles. The molecule has 2 N–H and O–H groups in total. The summed E-state index contributed by atoms with van der Waals surface area (Å²) in [4.78, 5) is 11.6. The topological polar surface area (TPSA) is 41.1 Å². The smallest absolute Gasteiger partial charge is 0.127 e. The first kappa shape index (κ1) is 19.6. The van der Waals surface area contributed by atoms with Gasteiger partial charge in [-0.25, -0.2) is 0 Å². The lowest BCUT2D eigenvalue weighted by molar-refractivity contribution is -0.118. The molecule has 0 amide bonds. The van der Waals surface area contributed by atoms with Crippen molar-refractivity contribution in [3.05, 3.63) is 0 Å². The molecule has 0 aliphatic heterocycles. The number of rotatable bonds is 7. The Morgan fingerprint density at radius 1 is 1.05 bits per heavy atom. The van der Waals surface area contributed by atoms with Gasteiger partial charge in [-0.1, -0.05) is 20.8 Å². The van der Waals surface area contributed by atoms with E-state index in [4.69, 9.17) is 0 Å². The van der Waals surface area contributed by atoms with E-state index in [9.17, 15) is 4.79 Å². The van der Waals surface area contributed by atoms with E-state index in [1.165, 1.54) is 25.5 Å². The summed E-state index contributed by atoms with van der Waals surface area (Å²) in [6.07, 6.45) is 7.03. The van der Waals surface area contributed by atoms with E-state index in [-0.39, 0.29) is 11.0 Å². The Bertz CT molecular complexity index is 330. The zero-order valence-electron chi connectivity index (χ0n) is 15.7. The average Bonchev–Trinajstić information content (AvgIpc) is 2.37. The van der Waals surface area contributed by atoms with E-state index in [2.05, 4.69) is 52.2 Å². The molecule has 0 spiro atoms. The van der Waals surface area contributed by atoms with Crippen LogP contribution in [0.25, 0.3) is 0 Å². The number of carbonyl (C=O) groups excluding carboxylic acids is 1. The van der Waals surface area contributed by atoms with Crippen LogP contribution in [0.1, 0.15) is 73.6 Å². The van der Waals surface area contributed by atoms with Crippen LogP contribution < -0.4 is 10.6 Å². The van der Waals surface area contributed by atoms with Gasteiger partial charge in [0.15, 0.2) is 0 Å². The second kappa shape index (κ2) is 7.92. The molecule has 1 aliphatic carbocycles. The minimum absolute atomic E-state index is 0.115. The zero-order valence-corrected chi connectivity index (χ0v) is 15.7. The van der Waals surface area contributed by atoms with Gasteiger partial charge in [-0.3, -0.25) is 0 Å². The normalized spacial score (nSPS) is 26.9. The van der Waals surface area contributed by atoms with Gasteiger partial charge in [0, 0.05) is 30.6 Å². The molecule has 3 nitrogen and oxygen atoms in total. The maximum Gasteiger partial charge on any atom is 0.127 e. The van der Waals surface area contributed by atoms with Crippen molar-refractivity contribution in [3.8, 4) is 0 Å². The van der Waals surface area contributed by atoms with Crippen LogP contribution in [0.5, 0.6) is 0 Å². The van der Waals surface area contributed by atoms with Crippen LogP contribution in [0.15, 0.2) is 0 Å². The van der Waals surface area contributed by atoms with E-state index in [0.717, 1.165) is 38.4 Å². The lowest BCUT2D eigenvalue weighted by Crippen LogP contribution is -2.44. The summed E-state index contributed by atoms with van der Waals surface area (Å²) in [5, 5.41) is 6.96. The van der Waals surface area contributed by atoms with E-state index in [1.807, 2.05) is 0 Å². The van der Waals surface area contributed by atoms with Crippen molar-refractivity contribution >= 4 is 6.29 Å². The second-order valence-corrected chi connectivity index (χ2v) is 9.54. The van der Waals surface area contributed by atoms with Gasteiger partial charge in [-0.15, -0.1) is 0 Å². The Hall–Kier alpha value is -0.410. The molecule has 0 atom stereocenters. The van der Waals surface area contributed by atoms with Crippen molar-refractivity contribution in [3.63, 3.8) is 0 Å². The summed E-state index contributed by atoms with van der Waals surface area (Å²) < 4.78 is 0. The Morgan fingerprint density at radius 2 is 1.64 bits per heavy atom. The molecule has 22 heavy (non-hydrogen) atoms. The van der Waals surface area contributed by atoms with Crippen molar-refractivity contribution in [1.82, 2.24) is 10.6 Å². The van der Waals surface area contributed by atoms with E-state index >= 15 is 0 Å². The fourth-order valence-electron chi connectivity index (χ4n) is 3.52. The first-order valence-electron chi connectivity index (χ1n) is 8.97.